The summed E-state index contributed by atoms with van der Waals surface area (Å²) in [5.41, 5.74) is 0.976. The SMILES string of the molecule is CN1CCCC1CCNC1=C2Oc3cc4ccccc4cc3N3C=C(C(=O)NC4CC(C)(C)NC(C)(C)C4)C(=O)C(=CC1F)C23. The number of hydrogen-bond acceptors (Lipinski definition) is 7. The highest BCUT2D eigenvalue weighted by atomic mass is 19.1. The van der Waals surface area contributed by atoms with Crippen LogP contribution < -0.4 is 25.6 Å². The van der Waals surface area contributed by atoms with Crippen LogP contribution in [0.3, 0.4) is 0 Å². The second-order valence-corrected chi connectivity index (χ2v) is 14.7. The van der Waals surface area contributed by atoms with Gasteiger partial charge in [0.2, 0.25) is 0 Å². The third-order valence-corrected chi connectivity index (χ3v) is 10.0. The highest BCUT2D eigenvalue weighted by Crippen LogP contribution is 2.47. The van der Waals surface area contributed by atoms with Crippen LogP contribution in [0.1, 0.15) is 59.8 Å². The van der Waals surface area contributed by atoms with Crippen molar-refractivity contribution in [3.8, 4) is 5.75 Å². The van der Waals surface area contributed by atoms with Gasteiger partial charge < -0.3 is 30.5 Å². The zero-order chi connectivity index (χ0) is 31.7. The Bertz CT molecular complexity index is 1640. The number of nitrogens with one attached hydrogen (secondary N) is 3. The van der Waals surface area contributed by atoms with Gasteiger partial charge in [-0.2, -0.15) is 0 Å². The number of halogens is 1. The molecule has 0 saturated carbocycles. The molecule has 4 heterocycles. The molecule has 0 aromatic heterocycles. The first-order valence-corrected chi connectivity index (χ1v) is 16.3. The summed E-state index contributed by atoms with van der Waals surface area (Å²) in [6, 6.07) is 11.6. The molecule has 0 radical (unpaired) electrons. The Kier molecular flexibility index (Phi) is 7.32. The fourth-order valence-electron chi connectivity index (χ4n) is 8.34. The average molecular weight is 614 g/mol. The van der Waals surface area contributed by atoms with Gasteiger partial charge in [0, 0.05) is 41.5 Å². The Hall–Kier alpha value is -3.69. The third kappa shape index (κ3) is 5.54. The molecule has 0 spiro atoms. The number of piperidine rings is 1. The topological polar surface area (TPSA) is 85.9 Å². The van der Waals surface area contributed by atoms with Crippen LogP contribution >= 0.6 is 0 Å². The largest absolute Gasteiger partial charge is 0.455 e. The van der Waals surface area contributed by atoms with E-state index in [0.29, 0.717) is 29.8 Å². The summed E-state index contributed by atoms with van der Waals surface area (Å²) < 4.78 is 22.6. The summed E-state index contributed by atoms with van der Waals surface area (Å²) in [5.74, 6) is 0.0574. The second kappa shape index (κ2) is 11.0. The lowest BCUT2D eigenvalue weighted by Gasteiger charge is -2.47. The number of Topliss-reactive ketones (excluding diaryl/α,β-unsaturated/α-hetero) is 1. The number of anilines is 1. The Labute approximate surface area is 264 Å². The molecule has 5 aliphatic rings. The van der Waals surface area contributed by atoms with E-state index in [2.05, 4.69) is 55.6 Å². The van der Waals surface area contributed by atoms with E-state index in [9.17, 15) is 9.59 Å². The van der Waals surface area contributed by atoms with Crippen LogP contribution in [0.5, 0.6) is 5.75 Å². The van der Waals surface area contributed by atoms with Gasteiger partial charge in [0.25, 0.3) is 5.91 Å². The number of amides is 1. The van der Waals surface area contributed by atoms with Gasteiger partial charge >= 0.3 is 0 Å². The van der Waals surface area contributed by atoms with E-state index >= 15 is 4.39 Å². The molecular weight excluding hydrogens is 569 g/mol. The molecule has 4 aliphatic heterocycles. The fraction of sp³-hybridized carbons (Fsp3) is 0.500. The monoisotopic (exact) mass is 613 g/mol. The molecule has 2 aromatic carbocycles. The number of benzene rings is 2. The minimum atomic E-state index is -1.56. The van der Waals surface area contributed by atoms with Crippen LogP contribution in [0.15, 0.2) is 71.3 Å². The predicted octanol–water partition coefficient (Wildman–Crippen LogP) is 4.86. The van der Waals surface area contributed by atoms with E-state index in [1.54, 1.807) is 6.20 Å². The molecule has 0 bridgehead atoms. The maximum Gasteiger partial charge on any atom is 0.256 e. The number of nitrogens with zero attached hydrogens (tertiary/aromatic N) is 2. The third-order valence-electron chi connectivity index (χ3n) is 10.0. The van der Waals surface area contributed by atoms with Gasteiger partial charge in [0.15, 0.2) is 23.5 Å². The maximum atomic E-state index is 16.1. The minimum Gasteiger partial charge on any atom is -0.455 e. The van der Waals surface area contributed by atoms with Gasteiger partial charge in [0.05, 0.1) is 11.4 Å². The number of ether oxygens (including phenoxy) is 1. The zero-order valence-corrected chi connectivity index (χ0v) is 26.9. The number of fused-ring (bicyclic) bond motifs is 3. The van der Waals surface area contributed by atoms with Crippen molar-refractivity contribution in [1.82, 2.24) is 20.9 Å². The molecule has 3 unspecified atom stereocenters. The summed E-state index contributed by atoms with van der Waals surface area (Å²) in [6.07, 6.45) is 6.12. The number of likely N-dealkylation sites (tertiary alicyclic amines) is 1. The number of rotatable bonds is 6. The lowest BCUT2D eigenvalue weighted by molar-refractivity contribution is -0.122. The Morgan fingerprint density at radius 3 is 2.51 bits per heavy atom. The fourth-order valence-corrected chi connectivity index (χ4v) is 8.34. The van der Waals surface area contributed by atoms with Crippen molar-refractivity contribution in [2.75, 3.05) is 25.0 Å². The number of allylic oxidation sites excluding steroid dienone is 1. The lowest BCUT2D eigenvalue weighted by Crippen LogP contribution is -2.62. The number of ketones is 1. The second-order valence-electron chi connectivity index (χ2n) is 14.7. The van der Waals surface area contributed by atoms with Crippen LogP contribution in [0, 0.1) is 0 Å². The molecule has 1 amide bonds. The van der Waals surface area contributed by atoms with Crippen LogP contribution in [0.4, 0.5) is 10.1 Å². The van der Waals surface area contributed by atoms with Gasteiger partial charge in [-0.15, -0.1) is 0 Å². The molecule has 3 atom stereocenters. The summed E-state index contributed by atoms with van der Waals surface area (Å²) in [5, 5.41) is 12.1. The van der Waals surface area contributed by atoms with Crippen molar-refractivity contribution >= 4 is 28.2 Å². The molecule has 8 nitrogen and oxygen atoms in total. The van der Waals surface area contributed by atoms with Crippen molar-refractivity contribution in [1.29, 1.82) is 0 Å². The van der Waals surface area contributed by atoms with E-state index in [4.69, 9.17) is 4.74 Å². The average Bonchev–Trinajstić information content (AvgIpc) is 3.37. The zero-order valence-electron chi connectivity index (χ0n) is 26.9. The summed E-state index contributed by atoms with van der Waals surface area (Å²) in [7, 11) is 2.14. The summed E-state index contributed by atoms with van der Waals surface area (Å²) >= 11 is 0. The summed E-state index contributed by atoms with van der Waals surface area (Å²) in [6.45, 7) is 10.2. The number of carbonyl (C=O) groups excluding carboxylic acids is 2. The predicted molar refractivity (Wildman–Crippen MR) is 175 cm³/mol. The highest BCUT2D eigenvalue weighted by Gasteiger charge is 2.48. The van der Waals surface area contributed by atoms with Gasteiger partial charge in [0.1, 0.15) is 11.6 Å². The first kappa shape index (κ1) is 30.0. The smallest absolute Gasteiger partial charge is 0.256 e. The van der Waals surface area contributed by atoms with Crippen molar-refractivity contribution in [2.24, 2.45) is 0 Å². The quantitative estimate of drug-likeness (QED) is 0.401. The molecule has 238 valence electrons. The van der Waals surface area contributed by atoms with E-state index in [-0.39, 0.29) is 28.3 Å². The number of alkyl halides is 1. The normalized spacial score (nSPS) is 27.4. The molecule has 7 rings (SSSR count). The number of carbonyl (C=O) groups is 2. The van der Waals surface area contributed by atoms with E-state index in [0.717, 1.165) is 48.7 Å². The molecule has 45 heavy (non-hydrogen) atoms. The van der Waals surface area contributed by atoms with E-state index in [1.165, 1.54) is 12.5 Å². The molecule has 9 heteroatoms. The van der Waals surface area contributed by atoms with Crippen LogP contribution in [0.25, 0.3) is 10.8 Å². The van der Waals surface area contributed by atoms with Crippen molar-refractivity contribution in [2.45, 2.75) is 95.2 Å². The van der Waals surface area contributed by atoms with Crippen molar-refractivity contribution < 1.29 is 18.7 Å². The van der Waals surface area contributed by atoms with Gasteiger partial charge in [-0.3, -0.25) is 9.59 Å². The van der Waals surface area contributed by atoms with Gasteiger partial charge in [-0.25, -0.2) is 4.39 Å². The van der Waals surface area contributed by atoms with Crippen molar-refractivity contribution in [3.63, 3.8) is 0 Å². The molecule has 2 aromatic rings. The van der Waals surface area contributed by atoms with Gasteiger partial charge in [-0.1, -0.05) is 24.3 Å². The molecule has 1 aliphatic carbocycles. The highest BCUT2D eigenvalue weighted by molar-refractivity contribution is 6.27. The molecule has 2 fully saturated rings. The first-order valence-electron chi connectivity index (χ1n) is 16.3. The Balaban J connectivity index is 1.26. The van der Waals surface area contributed by atoms with Crippen molar-refractivity contribution in [3.05, 3.63) is 71.3 Å². The van der Waals surface area contributed by atoms with E-state index < -0.39 is 23.9 Å². The molecular formula is C36H44FN5O3. The number of hydrogen-bond donors (Lipinski definition) is 3. The Morgan fingerprint density at radius 2 is 1.82 bits per heavy atom. The lowest BCUT2D eigenvalue weighted by atomic mass is 9.79. The van der Waals surface area contributed by atoms with Crippen LogP contribution in [-0.2, 0) is 9.59 Å². The van der Waals surface area contributed by atoms with E-state index in [1.807, 2.05) is 41.3 Å². The van der Waals surface area contributed by atoms with Crippen LogP contribution in [-0.4, -0.2) is 72.1 Å². The molecule has 2 saturated heterocycles. The molecule has 3 N–H and O–H groups in total. The maximum absolute atomic E-state index is 16.1. The standard InChI is InChI=1S/C36H44FN5O3/c1-35(2)18-23(19-36(3,4)40-35)39-34(44)26-20-42-28-15-21-9-6-7-10-22(21)16-29(28)45-33-30(27(37)17-25(31(33)42)32(26)43)38-13-12-24-11-8-14-41(24)5/h6-7,9-10,15-17,20,23-24,27,31,38,40H,8,11-14,18-19H2,1-5H3,(H,39,44). The Morgan fingerprint density at radius 1 is 1.11 bits per heavy atom. The van der Waals surface area contributed by atoms with Gasteiger partial charge in [-0.05, 0) is 102 Å². The van der Waals surface area contributed by atoms with Crippen LogP contribution in [0.2, 0.25) is 0 Å². The minimum absolute atomic E-state index is 0.0138. The first-order chi connectivity index (χ1) is 21.4. The summed E-state index contributed by atoms with van der Waals surface area (Å²) in [4.78, 5) is 32.2.